The van der Waals surface area contributed by atoms with Gasteiger partial charge in [0.25, 0.3) is 0 Å². The predicted molar refractivity (Wildman–Crippen MR) is 82.4 cm³/mol. The van der Waals surface area contributed by atoms with Crippen molar-refractivity contribution in [2.75, 3.05) is 24.5 Å². The van der Waals surface area contributed by atoms with Gasteiger partial charge in [-0.1, -0.05) is 18.5 Å². The molecule has 0 bridgehead atoms. The summed E-state index contributed by atoms with van der Waals surface area (Å²) in [6.07, 6.45) is 2.58. The average Bonchev–Trinajstić information content (AvgIpc) is 3.23. The summed E-state index contributed by atoms with van der Waals surface area (Å²) in [7, 11) is 0. The van der Waals surface area contributed by atoms with Gasteiger partial charge in [0.05, 0.1) is 6.20 Å². The number of nitrogens with zero attached hydrogens (tertiary/aromatic N) is 5. The molecule has 7 heteroatoms. The van der Waals surface area contributed by atoms with Crippen LogP contribution in [-0.4, -0.2) is 46.5 Å². The number of carbonyl (C=O) groups excluding carboxylic acids is 1. The molecule has 3 atom stereocenters. The van der Waals surface area contributed by atoms with Gasteiger partial charge in [-0.3, -0.25) is 4.79 Å². The van der Waals surface area contributed by atoms with Crippen molar-refractivity contribution >= 4 is 23.3 Å². The first kappa shape index (κ1) is 15.0. The molecule has 1 aromatic heterocycles. The van der Waals surface area contributed by atoms with E-state index < -0.39 is 0 Å². The van der Waals surface area contributed by atoms with Crippen LogP contribution in [0.15, 0.2) is 6.20 Å². The molecule has 1 aliphatic carbocycles. The highest BCUT2D eigenvalue weighted by molar-refractivity contribution is 6.30. The Morgan fingerprint density at radius 1 is 1.45 bits per heavy atom. The summed E-state index contributed by atoms with van der Waals surface area (Å²) in [5, 5.41) is 8.97. The second-order valence-corrected chi connectivity index (χ2v) is 6.48. The number of carbonyl (C=O) groups is 1. The minimum Gasteiger partial charge on any atom is -0.351 e. The Labute approximate surface area is 134 Å². The quantitative estimate of drug-likeness (QED) is 0.829. The van der Waals surface area contributed by atoms with Crippen molar-refractivity contribution in [1.82, 2.24) is 14.9 Å². The number of halogens is 1. The Kier molecular flexibility index (Phi) is 3.92. The molecule has 0 unspecified atom stereocenters. The van der Waals surface area contributed by atoms with Crippen LogP contribution in [0, 0.1) is 23.2 Å². The normalized spacial score (nSPS) is 27.5. The van der Waals surface area contributed by atoms with E-state index in [1.54, 1.807) is 6.20 Å². The Bertz CT molecular complexity index is 643. The maximum atomic E-state index is 12.4. The third-order valence-electron chi connectivity index (χ3n) is 4.48. The number of piperazine rings is 1. The van der Waals surface area contributed by atoms with Crippen LogP contribution in [0.3, 0.4) is 0 Å². The monoisotopic (exact) mass is 319 g/mol. The van der Waals surface area contributed by atoms with Crippen molar-refractivity contribution in [3.63, 3.8) is 0 Å². The van der Waals surface area contributed by atoms with Gasteiger partial charge in [-0.2, -0.15) is 5.26 Å². The molecule has 116 valence electrons. The maximum Gasteiger partial charge on any atom is 0.226 e. The first-order valence-corrected chi connectivity index (χ1v) is 7.87. The number of anilines is 1. The fraction of sp³-hybridized carbons (Fsp3) is 0.600. The summed E-state index contributed by atoms with van der Waals surface area (Å²) in [5.41, 5.74) is 0.134. The van der Waals surface area contributed by atoms with E-state index in [4.69, 9.17) is 16.9 Å². The lowest BCUT2D eigenvalue weighted by Gasteiger charge is -2.40. The van der Waals surface area contributed by atoms with Crippen LogP contribution in [0.4, 0.5) is 5.82 Å². The topological polar surface area (TPSA) is 73.1 Å². The van der Waals surface area contributed by atoms with Gasteiger partial charge in [0.1, 0.15) is 11.9 Å². The van der Waals surface area contributed by atoms with Crippen LogP contribution in [0.1, 0.15) is 26.0 Å². The Hall–Kier alpha value is -1.87. The van der Waals surface area contributed by atoms with E-state index in [0.29, 0.717) is 31.4 Å². The van der Waals surface area contributed by atoms with Crippen molar-refractivity contribution in [2.45, 2.75) is 26.3 Å². The molecule has 1 saturated heterocycles. The van der Waals surface area contributed by atoms with E-state index in [9.17, 15) is 4.79 Å². The number of aromatic nitrogens is 2. The van der Waals surface area contributed by atoms with Crippen LogP contribution < -0.4 is 4.90 Å². The van der Waals surface area contributed by atoms with Gasteiger partial charge in [0, 0.05) is 31.6 Å². The van der Waals surface area contributed by atoms with Crippen molar-refractivity contribution in [3.05, 3.63) is 17.0 Å². The lowest BCUT2D eigenvalue weighted by Crippen LogP contribution is -2.54. The fourth-order valence-electron chi connectivity index (χ4n) is 2.96. The summed E-state index contributed by atoms with van der Waals surface area (Å²) < 4.78 is 0. The van der Waals surface area contributed by atoms with Gasteiger partial charge in [-0.25, -0.2) is 9.97 Å². The fourth-order valence-corrected chi connectivity index (χ4v) is 3.14. The first-order valence-electron chi connectivity index (χ1n) is 7.49. The molecule has 3 rings (SSSR count). The summed E-state index contributed by atoms with van der Waals surface area (Å²) >= 11 is 5.94. The molecule has 0 spiro atoms. The molecule has 2 fully saturated rings. The summed E-state index contributed by atoms with van der Waals surface area (Å²) in [6.45, 7) is 6.26. The zero-order chi connectivity index (χ0) is 15.9. The molecule has 0 aromatic carbocycles. The van der Waals surface area contributed by atoms with Crippen LogP contribution in [0.5, 0.6) is 0 Å². The van der Waals surface area contributed by atoms with Crippen molar-refractivity contribution in [2.24, 2.45) is 11.8 Å². The van der Waals surface area contributed by atoms with E-state index in [2.05, 4.69) is 28.7 Å². The molecule has 1 aromatic rings. The van der Waals surface area contributed by atoms with Gasteiger partial charge >= 0.3 is 0 Å². The zero-order valence-corrected chi connectivity index (χ0v) is 13.4. The van der Waals surface area contributed by atoms with Gasteiger partial charge in [0.2, 0.25) is 5.91 Å². The number of nitriles is 1. The highest BCUT2D eigenvalue weighted by Gasteiger charge is 2.43. The minimum absolute atomic E-state index is 0.123. The zero-order valence-electron chi connectivity index (χ0n) is 12.7. The van der Waals surface area contributed by atoms with Crippen LogP contribution in [0.2, 0.25) is 5.15 Å². The van der Waals surface area contributed by atoms with Crippen molar-refractivity contribution < 1.29 is 4.79 Å². The van der Waals surface area contributed by atoms with Crippen molar-refractivity contribution in [1.29, 1.82) is 5.26 Å². The van der Waals surface area contributed by atoms with Crippen LogP contribution in [0.25, 0.3) is 0 Å². The van der Waals surface area contributed by atoms with Crippen LogP contribution >= 0.6 is 11.6 Å². The molecule has 0 N–H and O–H groups in total. The molecule has 6 nitrogen and oxygen atoms in total. The molecular formula is C15H18ClN5O. The smallest absolute Gasteiger partial charge is 0.226 e. The molecule has 0 radical (unpaired) electrons. The number of hydrogen-bond acceptors (Lipinski definition) is 5. The molecule has 1 aliphatic heterocycles. The van der Waals surface area contributed by atoms with E-state index >= 15 is 0 Å². The van der Waals surface area contributed by atoms with Gasteiger partial charge < -0.3 is 9.80 Å². The second kappa shape index (κ2) is 5.73. The molecule has 2 aliphatic rings. The summed E-state index contributed by atoms with van der Waals surface area (Å²) in [5.74, 6) is 1.69. The lowest BCUT2D eigenvalue weighted by atomic mass is 10.1. The molecule has 2 heterocycles. The Morgan fingerprint density at radius 2 is 2.18 bits per heavy atom. The molecule has 22 heavy (non-hydrogen) atoms. The summed E-state index contributed by atoms with van der Waals surface area (Å²) in [6, 6.07) is 2.03. The van der Waals surface area contributed by atoms with Gasteiger partial charge in [0.15, 0.2) is 10.8 Å². The van der Waals surface area contributed by atoms with Crippen molar-refractivity contribution in [3.8, 4) is 6.07 Å². The standard InChI is InChI=1S/C15H18ClN5O/c1-9-5-11(9)15(22)21-4-3-20(8-10(21)2)13-7-18-12(6-17)14(16)19-13/h7,9-11H,3-5,8H2,1-2H3/t9-,10-,11-/m1/s1. The molecular weight excluding hydrogens is 302 g/mol. The third-order valence-corrected chi connectivity index (χ3v) is 4.75. The number of rotatable bonds is 2. The average molecular weight is 320 g/mol. The lowest BCUT2D eigenvalue weighted by molar-refractivity contribution is -0.135. The van der Waals surface area contributed by atoms with E-state index in [1.165, 1.54) is 0 Å². The van der Waals surface area contributed by atoms with Crippen LogP contribution in [-0.2, 0) is 4.79 Å². The first-order chi connectivity index (χ1) is 10.5. The third kappa shape index (κ3) is 2.73. The largest absolute Gasteiger partial charge is 0.351 e. The maximum absolute atomic E-state index is 12.4. The number of amides is 1. The SMILES string of the molecule is C[C@@H]1C[C@H]1C(=O)N1CCN(c2cnc(C#N)c(Cl)n2)C[C@H]1C. The number of hydrogen-bond donors (Lipinski definition) is 0. The second-order valence-electron chi connectivity index (χ2n) is 6.13. The Morgan fingerprint density at radius 3 is 2.73 bits per heavy atom. The van der Waals surface area contributed by atoms with E-state index in [0.717, 1.165) is 6.42 Å². The highest BCUT2D eigenvalue weighted by Crippen LogP contribution is 2.39. The van der Waals surface area contributed by atoms with Gasteiger partial charge in [-0.15, -0.1) is 0 Å². The van der Waals surface area contributed by atoms with E-state index in [1.807, 2.05) is 11.0 Å². The van der Waals surface area contributed by atoms with E-state index in [-0.39, 0.29) is 28.7 Å². The predicted octanol–water partition coefficient (Wildman–Crippen LogP) is 1.69. The highest BCUT2D eigenvalue weighted by atomic mass is 35.5. The molecule has 1 saturated carbocycles. The molecule has 1 amide bonds. The van der Waals surface area contributed by atoms with Gasteiger partial charge in [-0.05, 0) is 19.3 Å². The minimum atomic E-state index is 0.123. The Balaban J connectivity index is 1.68. The summed E-state index contributed by atoms with van der Waals surface area (Å²) in [4.78, 5) is 24.7.